The number of thiazole rings is 1. The van der Waals surface area contributed by atoms with Gasteiger partial charge in [0.1, 0.15) is 0 Å². The molecule has 0 saturated carbocycles. The van der Waals surface area contributed by atoms with E-state index in [2.05, 4.69) is 10.2 Å². The molecule has 1 N–H and O–H groups in total. The molecule has 8 heteroatoms. The number of carbonyl (C=O) groups excluding carboxylic acids is 2. The Balaban J connectivity index is 1.38. The van der Waals surface area contributed by atoms with Crippen molar-refractivity contribution in [2.24, 2.45) is 0 Å². The number of carbonyl (C=O) groups is 2. The summed E-state index contributed by atoms with van der Waals surface area (Å²) in [5, 5.41) is 3.97. The molecule has 2 fully saturated rings. The van der Waals surface area contributed by atoms with Crippen LogP contribution in [-0.4, -0.2) is 49.6 Å². The van der Waals surface area contributed by atoms with E-state index in [0.717, 1.165) is 48.1 Å². The Kier molecular flexibility index (Phi) is 5.10. The third-order valence-electron chi connectivity index (χ3n) is 5.43. The highest BCUT2D eigenvalue weighted by Crippen LogP contribution is 2.32. The number of nitrogens with zero attached hydrogens (tertiary/aromatic N) is 3. The van der Waals surface area contributed by atoms with Gasteiger partial charge >= 0.3 is 0 Å². The van der Waals surface area contributed by atoms with Gasteiger partial charge in [0.2, 0.25) is 5.91 Å². The first-order valence-corrected chi connectivity index (χ1v) is 10.9. The van der Waals surface area contributed by atoms with Crippen LogP contribution in [0.5, 0.6) is 0 Å². The van der Waals surface area contributed by atoms with Crippen LogP contribution in [0.15, 0.2) is 42.5 Å². The van der Waals surface area contributed by atoms with Gasteiger partial charge in [-0.3, -0.25) is 9.59 Å². The first kappa shape index (κ1) is 19.0. The molecule has 2 aliphatic heterocycles. The van der Waals surface area contributed by atoms with E-state index in [0.29, 0.717) is 29.9 Å². The number of hydrogen-bond acceptors (Lipinski definition) is 6. The number of nitrogens with one attached hydrogen (secondary N) is 1. The average Bonchev–Trinajstić information content (AvgIpc) is 3.40. The Hall–Kier alpha value is -2.97. The summed E-state index contributed by atoms with van der Waals surface area (Å²) >= 11 is 1.62. The lowest BCUT2D eigenvalue weighted by Gasteiger charge is -2.25. The zero-order valence-corrected chi connectivity index (χ0v) is 17.3. The molecule has 0 unspecified atom stereocenters. The second-order valence-corrected chi connectivity index (χ2v) is 8.41. The summed E-state index contributed by atoms with van der Waals surface area (Å²) < 4.78 is 6.44. The minimum absolute atomic E-state index is 0.0666. The molecular weight excluding hydrogens is 400 g/mol. The van der Waals surface area contributed by atoms with Crippen LogP contribution in [0.4, 0.5) is 16.5 Å². The first-order valence-electron chi connectivity index (χ1n) is 10.1. The van der Waals surface area contributed by atoms with E-state index < -0.39 is 0 Å². The van der Waals surface area contributed by atoms with Crippen LogP contribution in [-0.2, 0) is 9.53 Å². The van der Waals surface area contributed by atoms with E-state index in [1.165, 1.54) is 0 Å². The molecule has 1 aromatic heterocycles. The maximum Gasteiger partial charge on any atom is 0.257 e. The maximum atomic E-state index is 13.0. The van der Waals surface area contributed by atoms with E-state index in [1.807, 2.05) is 36.4 Å². The lowest BCUT2D eigenvalue weighted by molar-refractivity contribution is -0.117. The summed E-state index contributed by atoms with van der Waals surface area (Å²) in [6.07, 6.45) is 1.35. The van der Waals surface area contributed by atoms with Gasteiger partial charge in [-0.05, 0) is 36.8 Å². The minimum atomic E-state index is -0.220. The second-order valence-electron chi connectivity index (χ2n) is 7.40. The maximum absolute atomic E-state index is 13.0. The Morgan fingerprint density at radius 3 is 2.73 bits per heavy atom. The summed E-state index contributed by atoms with van der Waals surface area (Å²) in [7, 11) is 0. The number of aromatic nitrogens is 1. The fraction of sp³-hybridized carbons (Fsp3) is 0.318. The molecule has 2 aromatic carbocycles. The smallest absolute Gasteiger partial charge is 0.257 e. The predicted molar refractivity (Wildman–Crippen MR) is 119 cm³/mol. The summed E-state index contributed by atoms with van der Waals surface area (Å²) in [5.74, 6) is -0.153. The first-order chi connectivity index (χ1) is 14.7. The highest BCUT2D eigenvalue weighted by molar-refractivity contribution is 7.22. The zero-order valence-electron chi connectivity index (χ0n) is 16.5. The minimum Gasteiger partial charge on any atom is -0.378 e. The van der Waals surface area contributed by atoms with Gasteiger partial charge in [0.25, 0.3) is 5.91 Å². The van der Waals surface area contributed by atoms with Crippen LogP contribution in [0.2, 0.25) is 0 Å². The SMILES string of the molecule is O=C(Nc1ccc2nc(N3CCOCC3)sc2c1)c1ccccc1N1CCCC1=O. The van der Waals surface area contributed by atoms with Gasteiger partial charge in [-0.1, -0.05) is 23.5 Å². The van der Waals surface area contributed by atoms with Crippen molar-refractivity contribution in [1.82, 2.24) is 4.98 Å². The van der Waals surface area contributed by atoms with Gasteiger partial charge in [0.15, 0.2) is 5.13 Å². The lowest BCUT2D eigenvalue weighted by atomic mass is 10.1. The van der Waals surface area contributed by atoms with Gasteiger partial charge in [0, 0.05) is 31.7 Å². The second kappa shape index (κ2) is 8.04. The fourth-order valence-electron chi connectivity index (χ4n) is 3.88. The molecule has 3 aromatic rings. The van der Waals surface area contributed by atoms with Gasteiger partial charge in [-0.2, -0.15) is 0 Å². The molecule has 0 bridgehead atoms. The van der Waals surface area contributed by atoms with Gasteiger partial charge < -0.3 is 19.9 Å². The predicted octanol–water partition coefficient (Wildman–Crippen LogP) is 3.51. The Bertz CT molecular complexity index is 1110. The van der Waals surface area contributed by atoms with Crippen LogP contribution in [0.1, 0.15) is 23.2 Å². The number of amides is 2. The Labute approximate surface area is 178 Å². The Morgan fingerprint density at radius 1 is 1.10 bits per heavy atom. The number of fused-ring (bicyclic) bond motifs is 1. The van der Waals surface area contributed by atoms with Crippen LogP contribution < -0.4 is 15.1 Å². The van der Waals surface area contributed by atoms with Gasteiger partial charge in [-0.15, -0.1) is 0 Å². The number of para-hydroxylation sites is 1. The van der Waals surface area contributed by atoms with Crippen LogP contribution >= 0.6 is 11.3 Å². The van der Waals surface area contributed by atoms with Gasteiger partial charge in [-0.25, -0.2) is 4.98 Å². The van der Waals surface area contributed by atoms with Gasteiger partial charge in [0.05, 0.1) is 34.7 Å². The standard InChI is InChI=1S/C22H22N4O3S/c27-20-6-3-9-26(20)18-5-2-1-4-16(18)21(28)23-15-7-8-17-19(14-15)30-22(24-17)25-10-12-29-13-11-25/h1-2,4-5,7-8,14H,3,6,9-13H2,(H,23,28). The molecule has 30 heavy (non-hydrogen) atoms. The molecule has 154 valence electrons. The molecule has 2 amide bonds. The highest BCUT2D eigenvalue weighted by Gasteiger charge is 2.25. The van der Waals surface area contributed by atoms with E-state index in [-0.39, 0.29) is 11.8 Å². The Morgan fingerprint density at radius 2 is 1.93 bits per heavy atom. The lowest BCUT2D eigenvalue weighted by Crippen LogP contribution is -2.36. The summed E-state index contributed by atoms with van der Waals surface area (Å²) in [6.45, 7) is 3.78. The zero-order chi connectivity index (χ0) is 20.5. The van der Waals surface area contributed by atoms with Crippen molar-refractivity contribution in [2.75, 3.05) is 48.0 Å². The molecule has 0 radical (unpaired) electrons. The monoisotopic (exact) mass is 422 g/mol. The molecule has 0 atom stereocenters. The summed E-state index contributed by atoms with van der Waals surface area (Å²) in [4.78, 5) is 33.8. The van der Waals surface area contributed by atoms with Crippen LogP contribution in [0, 0.1) is 0 Å². The number of morpholine rings is 1. The topological polar surface area (TPSA) is 74.8 Å². The number of ether oxygens (including phenoxy) is 1. The number of anilines is 3. The third kappa shape index (κ3) is 3.64. The average molecular weight is 423 g/mol. The van der Waals surface area contributed by atoms with Crippen molar-refractivity contribution in [2.45, 2.75) is 12.8 Å². The molecule has 0 spiro atoms. The van der Waals surface area contributed by atoms with E-state index >= 15 is 0 Å². The molecule has 2 saturated heterocycles. The van der Waals surface area contributed by atoms with Crippen LogP contribution in [0.25, 0.3) is 10.2 Å². The van der Waals surface area contributed by atoms with Crippen molar-refractivity contribution in [3.8, 4) is 0 Å². The van der Waals surface area contributed by atoms with E-state index in [4.69, 9.17) is 9.72 Å². The van der Waals surface area contributed by atoms with Crippen LogP contribution in [0.3, 0.4) is 0 Å². The largest absolute Gasteiger partial charge is 0.378 e. The summed E-state index contributed by atoms with van der Waals surface area (Å²) in [5.41, 5.74) is 2.81. The molecule has 2 aliphatic rings. The van der Waals surface area contributed by atoms with E-state index in [1.54, 1.807) is 22.3 Å². The van der Waals surface area contributed by atoms with Crippen molar-refractivity contribution in [3.05, 3.63) is 48.0 Å². The van der Waals surface area contributed by atoms with Crippen molar-refractivity contribution in [3.63, 3.8) is 0 Å². The van der Waals surface area contributed by atoms with Crippen molar-refractivity contribution >= 4 is 49.9 Å². The molecule has 0 aliphatic carbocycles. The molecule has 7 nitrogen and oxygen atoms in total. The number of rotatable bonds is 4. The number of benzene rings is 2. The fourth-order valence-corrected chi connectivity index (χ4v) is 4.94. The summed E-state index contributed by atoms with van der Waals surface area (Å²) in [6, 6.07) is 13.0. The normalized spacial score (nSPS) is 17.0. The molecule has 5 rings (SSSR count). The van der Waals surface area contributed by atoms with E-state index in [9.17, 15) is 9.59 Å². The van der Waals surface area contributed by atoms with Crippen molar-refractivity contribution in [1.29, 1.82) is 0 Å². The molecule has 3 heterocycles. The number of hydrogen-bond donors (Lipinski definition) is 1. The third-order valence-corrected chi connectivity index (χ3v) is 6.51. The van der Waals surface area contributed by atoms with Crippen molar-refractivity contribution < 1.29 is 14.3 Å². The molecular formula is C22H22N4O3S. The highest BCUT2D eigenvalue weighted by atomic mass is 32.1. The quantitative estimate of drug-likeness (QED) is 0.696.